The molecule has 0 aliphatic carbocycles. The third-order valence-corrected chi connectivity index (χ3v) is 3.90. The van der Waals surface area contributed by atoms with Gasteiger partial charge in [0.25, 0.3) is 5.91 Å². The molecule has 22 heavy (non-hydrogen) atoms. The summed E-state index contributed by atoms with van der Waals surface area (Å²) in [5.74, 6) is -0.290. The van der Waals surface area contributed by atoms with Crippen LogP contribution in [-0.4, -0.2) is 36.2 Å². The molecular formula is C15H19N3O3S. The van der Waals surface area contributed by atoms with Crippen LogP contribution in [0.15, 0.2) is 43.0 Å². The number of sulfone groups is 1. The summed E-state index contributed by atoms with van der Waals surface area (Å²) in [6.45, 7) is 2.52. The normalized spacial score (nSPS) is 12.8. The number of nitrogens with zero attached hydrogens (tertiary/aromatic N) is 2. The van der Waals surface area contributed by atoms with Gasteiger partial charge < -0.3 is 9.88 Å². The van der Waals surface area contributed by atoms with Gasteiger partial charge in [0.05, 0.1) is 12.1 Å². The van der Waals surface area contributed by atoms with Gasteiger partial charge in [-0.05, 0) is 24.6 Å². The van der Waals surface area contributed by atoms with Crippen molar-refractivity contribution in [3.63, 3.8) is 0 Å². The monoisotopic (exact) mass is 321 g/mol. The van der Waals surface area contributed by atoms with E-state index in [0.29, 0.717) is 17.7 Å². The molecule has 2 aromatic rings. The minimum absolute atomic E-state index is 0.0692. The number of rotatable bonds is 6. The van der Waals surface area contributed by atoms with Crippen LogP contribution < -0.4 is 5.32 Å². The number of aromatic nitrogens is 2. The smallest absolute Gasteiger partial charge is 0.251 e. The average molecular weight is 321 g/mol. The third kappa shape index (κ3) is 5.00. The Balaban J connectivity index is 2.01. The maximum atomic E-state index is 12.2. The predicted octanol–water partition coefficient (Wildman–Crippen LogP) is 1.25. The number of benzene rings is 1. The maximum absolute atomic E-state index is 12.2. The van der Waals surface area contributed by atoms with E-state index in [-0.39, 0.29) is 17.7 Å². The number of carbonyl (C=O) groups is 1. The van der Waals surface area contributed by atoms with Crippen LogP contribution in [0.1, 0.15) is 22.8 Å². The molecule has 1 heterocycles. The molecule has 1 aromatic heterocycles. The first-order chi connectivity index (χ1) is 10.3. The van der Waals surface area contributed by atoms with Crippen molar-refractivity contribution in [3.8, 4) is 0 Å². The summed E-state index contributed by atoms with van der Waals surface area (Å²) in [6, 6.07) is 6.61. The Hall–Kier alpha value is -2.15. The molecule has 0 unspecified atom stereocenters. The number of nitrogens with one attached hydrogen (secondary N) is 1. The SMILES string of the molecule is C[C@H](Cn1ccnc1)NC(=O)c1cccc(CS(C)(=O)=O)c1. The Morgan fingerprint density at radius 3 is 2.82 bits per heavy atom. The Kier molecular flexibility index (Phi) is 4.97. The van der Waals surface area contributed by atoms with Gasteiger partial charge in [0, 0.05) is 36.8 Å². The molecule has 0 saturated carbocycles. The molecule has 0 spiro atoms. The highest BCUT2D eigenvalue weighted by atomic mass is 32.2. The summed E-state index contributed by atoms with van der Waals surface area (Å²) < 4.78 is 24.5. The molecular weight excluding hydrogens is 302 g/mol. The zero-order chi connectivity index (χ0) is 16.2. The molecule has 1 aromatic carbocycles. The Morgan fingerprint density at radius 1 is 1.41 bits per heavy atom. The number of amides is 1. The van der Waals surface area contributed by atoms with E-state index in [2.05, 4.69) is 10.3 Å². The Labute approximate surface area is 130 Å². The summed E-state index contributed by atoms with van der Waals surface area (Å²) in [7, 11) is -3.12. The van der Waals surface area contributed by atoms with Gasteiger partial charge in [0.1, 0.15) is 0 Å². The summed E-state index contributed by atoms with van der Waals surface area (Å²) in [5.41, 5.74) is 1.07. The van der Waals surface area contributed by atoms with E-state index in [1.807, 2.05) is 17.7 Å². The van der Waals surface area contributed by atoms with E-state index >= 15 is 0 Å². The van der Waals surface area contributed by atoms with E-state index in [9.17, 15) is 13.2 Å². The highest BCUT2D eigenvalue weighted by Gasteiger charge is 2.12. The number of hydrogen-bond donors (Lipinski definition) is 1. The number of hydrogen-bond acceptors (Lipinski definition) is 4. The summed E-state index contributed by atoms with van der Waals surface area (Å²) in [5, 5.41) is 2.89. The second-order valence-electron chi connectivity index (χ2n) is 5.40. The van der Waals surface area contributed by atoms with Crippen molar-refractivity contribution in [1.82, 2.24) is 14.9 Å². The van der Waals surface area contributed by atoms with Gasteiger partial charge in [0.15, 0.2) is 9.84 Å². The van der Waals surface area contributed by atoms with Crippen LogP contribution in [-0.2, 0) is 22.1 Å². The van der Waals surface area contributed by atoms with Crippen LogP contribution in [0.25, 0.3) is 0 Å². The van der Waals surface area contributed by atoms with Crippen molar-refractivity contribution in [2.24, 2.45) is 0 Å². The first kappa shape index (κ1) is 16.2. The van der Waals surface area contributed by atoms with Gasteiger partial charge in [-0.1, -0.05) is 12.1 Å². The summed E-state index contributed by atoms with van der Waals surface area (Å²) >= 11 is 0. The highest BCUT2D eigenvalue weighted by molar-refractivity contribution is 7.89. The van der Waals surface area contributed by atoms with Crippen molar-refractivity contribution in [3.05, 3.63) is 54.1 Å². The second kappa shape index (κ2) is 6.74. The summed E-state index contributed by atoms with van der Waals surface area (Å²) in [6.07, 6.45) is 6.38. The molecule has 6 nitrogen and oxygen atoms in total. The minimum atomic E-state index is -3.12. The van der Waals surface area contributed by atoms with E-state index in [4.69, 9.17) is 0 Å². The van der Waals surface area contributed by atoms with E-state index in [1.54, 1.807) is 36.8 Å². The molecule has 2 rings (SSSR count). The van der Waals surface area contributed by atoms with Crippen molar-refractivity contribution in [2.45, 2.75) is 25.3 Å². The number of carbonyl (C=O) groups excluding carboxylic acids is 1. The van der Waals surface area contributed by atoms with Crippen molar-refractivity contribution < 1.29 is 13.2 Å². The Bertz CT molecular complexity index is 739. The van der Waals surface area contributed by atoms with Crippen LogP contribution in [0.5, 0.6) is 0 Å². The third-order valence-electron chi connectivity index (χ3n) is 3.04. The number of imidazole rings is 1. The van der Waals surface area contributed by atoms with Gasteiger partial charge in [-0.25, -0.2) is 13.4 Å². The Morgan fingerprint density at radius 2 is 2.18 bits per heavy atom. The van der Waals surface area contributed by atoms with Gasteiger partial charge in [0.2, 0.25) is 0 Å². The fourth-order valence-electron chi connectivity index (χ4n) is 2.17. The van der Waals surface area contributed by atoms with Crippen LogP contribution in [0.2, 0.25) is 0 Å². The molecule has 0 aliphatic rings. The van der Waals surface area contributed by atoms with Crippen LogP contribution in [0.4, 0.5) is 0 Å². The van der Waals surface area contributed by atoms with Crippen LogP contribution in [0.3, 0.4) is 0 Å². The molecule has 1 amide bonds. The molecule has 1 N–H and O–H groups in total. The molecule has 0 radical (unpaired) electrons. The van der Waals surface area contributed by atoms with Gasteiger partial charge in [-0.15, -0.1) is 0 Å². The lowest BCUT2D eigenvalue weighted by Gasteiger charge is -2.14. The summed E-state index contributed by atoms with van der Waals surface area (Å²) in [4.78, 5) is 16.2. The minimum Gasteiger partial charge on any atom is -0.348 e. The standard InChI is InChI=1S/C15H19N3O3S/c1-12(9-18-7-6-16-11-18)17-15(19)14-5-3-4-13(8-14)10-22(2,20)21/h3-8,11-12H,9-10H2,1-2H3,(H,17,19)/t12-/m1/s1. The van der Waals surface area contributed by atoms with Gasteiger partial charge in [-0.2, -0.15) is 0 Å². The molecule has 7 heteroatoms. The zero-order valence-corrected chi connectivity index (χ0v) is 13.4. The van der Waals surface area contributed by atoms with Crippen LogP contribution in [0, 0.1) is 0 Å². The lowest BCUT2D eigenvalue weighted by atomic mass is 10.1. The largest absolute Gasteiger partial charge is 0.348 e. The lowest BCUT2D eigenvalue weighted by molar-refractivity contribution is 0.0936. The molecule has 1 atom stereocenters. The van der Waals surface area contributed by atoms with E-state index < -0.39 is 9.84 Å². The van der Waals surface area contributed by atoms with Gasteiger partial charge >= 0.3 is 0 Å². The van der Waals surface area contributed by atoms with Crippen LogP contribution >= 0.6 is 0 Å². The van der Waals surface area contributed by atoms with E-state index in [1.165, 1.54) is 6.26 Å². The first-order valence-electron chi connectivity index (χ1n) is 6.87. The molecule has 118 valence electrons. The fourth-order valence-corrected chi connectivity index (χ4v) is 2.95. The predicted molar refractivity (Wildman–Crippen MR) is 84.1 cm³/mol. The van der Waals surface area contributed by atoms with Crippen molar-refractivity contribution >= 4 is 15.7 Å². The fraction of sp³-hybridized carbons (Fsp3) is 0.333. The molecule has 0 fully saturated rings. The van der Waals surface area contributed by atoms with Crippen molar-refractivity contribution in [1.29, 1.82) is 0 Å². The lowest BCUT2D eigenvalue weighted by Crippen LogP contribution is -2.35. The highest BCUT2D eigenvalue weighted by Crippen LogP contribution is 2.09. The first-order valence-corrected chi connectivity index (χ1v) is 8.93. The topological polar surface area (TPSA) is 81.1 Å². The van der Waals surface area contributed by atoms with Crippen molar-refractivity contribution in [2.75, 3.05) is 6.26 Å². The molecule has 0 aliphatic heterocycles. The zero-order valence-electron chi connectivity index (χ0n) is 12.6. The second-order valence-corrected chi connectivity index (χ2v) is 7.54. The average Bonchev–Trinajstić information content (AvgIpc) is 2.89. The van der Waals surface area contributed by atoms with E-state index in [0.717, 1.165) is 0 Å². The maximum Gasteiger partial charge on any atom is 0.251 e. The molecule has 0 saturated heterocycles. The quantitative estimate of drug-likeness (QED) is 0.868. The van der Waals surface area contributed by atoms with Gasteiger partial charge in [-0.3, -0.25) is 4.79 Å². The molecule has 0 bridgehead atoms.